The van der Waals surface area contributed by atoms with Gasteiger partial charge in [-0.15, -0.1) is 11.8 Å². The summed E-state index contributed by atoms with van der Waals surface area (Å²) < 4.78 is 53.7. The average molecular weight is 487 g/mol. The Balaban J connectivity index is 1.92. The van der Waals surface area contributed by atoms with Crippen LogP contribution in [0.1, 0.15) is 6.92 Å². The Morgan fingerprint density at radius 1 is 1.19 bits per heavy atom. The zero-order valence-electron chi connectivity index (χ0n) is 16.1. The van der Waals surface area contributed by atoms with Crippen LogP contribution in [-0.4, -0.2) is 29.9 Å². The van der Waals surface area contributed by atoms with Gasteiger partial charge < -0.3 is 11.1 Å². The van der Waals surface area contributed by atoms with Gasteiger partial charge in [0.15, 0.2) is 11.6 Å². The molecule has 0 saturated heterocycles. The highest BCUT2D eigenvalue weighted by molar-refractivity contribution is 8.00. The number of nitrogens with one attached hydrogen (secondary N) is 1. The number of sulfone groups is 1. The zero-order chi connectivity index (χ0) is 22.8. The van der Waals surface area contributed by atoms with Gasteiger partial charge >= 0.3 is 0 Å². The summed E-state index contributed by atoms with van der Waals surface area (Å²) in [5.74, 6) is -2.52. The van der Waals surface area contributed by atoms with Gasteiger partial charge in [-0.05, 0) is 42.2 Å². The lowest BCUT2D eigenvalue weighted by molar-refractivity contribution is -0.116. The van der Waals surface area contributed by atoms with Crippen LogP contribution in [-0.2, 0) is 21.2 Å². The maximum Gasteiger partial charge on any atom is 0.246 e. The van der Waals surface area contributed by atoms with E-state index < -0.39 is 33.9 Å². The van der Waals surface area contributed by atoms with Crippen molar-refractivity contribution in [1.82, 2.24) is 9.78 Å². The molecule has 2 aromatic carbocycles. The minimum Gasteiger partial charge on any atom is -0.383 e. The van der Waals surface area contributed by atoms with Crippen molar-refractivity contribution >= 4 is 50.6 Å². The first kappa shape index (κ1) is 23.0. The van der Waals surface area contributed by atoms with Crippen LogP contribution in [0.15, 0.2) is 57.3 Å². The summed E-state index contributed by atoms with van der Waals surface area (Å²) in [6.07, 6.45) is 0. The molecule has 0 saturated carbocycles. The third kappa shape index (κ3) is 5.00. The van der Waals surface area contributed by atoms with Crippen LogP contribution in [0.25, 0.3) is 0 Å². The predicted octanol–water partition coefficient (Wildman–Crippen LogP) is 3.98. The standard InChI is InChI=1S/C19H17ClF2N4O3S2/c1-2-30-19-17(31(28,29)13-6-3-11(20)4-7-13)18(23)26(25-19)10-16(27)24-12-5-8-14(21)15(22)9-12/h3-9H,2,10,23H2,1H3,(H,24,27). The van der Waals surface area contributed by atoms with Crippen LogP contribution < -0.4 is 11.1 Å². The molecule has 3 aromatic rings. The Hall–Kier alpha value is -2.63. The minimum atomic E-state index is -4.03. The average Bonchev–Trinajstić information content (AvgIpc) is 3.01. The van der Waals surface area contributed by atoms with E-state index in [1.807, 2.05) is 6.92 Å². The molecule has 1 aromatic heterocycles. The first-order chi connectivity index (χ1) is 14.6. The van der Waals surface area contributed by atoms with E-state index in [2.05, 4.69) is 10.4 Å². The zero-order valence-corrected chi connectivity index (χ0v) is 18.5. The molecule has 0 atom stereocenters. The van der Waals surface area contributed by atoms with E-state index in [4.69, 9.17) is 17.3 Å². The lowest BCUT2D eigenvalue weighted by atomic mass is 10.3. The number of hydrogen-bond donors (Lipinski definition) is 2. The van der Waals surface area contributed by atoms with Gasteiger partial charge in [-0.3, -0.25) is 4.79 Å². The summed E-state index contributed by atoms with van der Waals surface area (Å²) in [5, 5.41) is 7.09. The van der Waals surface area contributed by atoms with Crippen LogP contribution in [0.3, 0.4) is 0 Å². The second-order valence-electron chi connectivity index (χ2n) is 6.24. The summed E-state index contributed by atoms with van der Waals surface area (Å²) >= 11 is 6.99. The molecule has 0 unspecified atom stereocenters. The van der Waals surface area contributed by atoms with Crippen molar-refractivity contribution in [2.45, 2.75) is 28.3 Å². The number of amides is 1. The number of carbonyl (C=O) groups excluding carboxylic acids is 1. The normalized spacial score (nSPS) is 11.5. The number of thioether (sulfide) groups is 1. The summed E-state index contributed by atoms with van der Waals surface area (Å²) in [7, 11) is -4.03. The fraction of sp³-hybridized carbons (Fsp3) is 0.158. The van der Waals surface area contributed by atoms with Gasteiger partial charge in [0.1, 0.15) is 22.3 Å². The topological polar surface area (TPSA) is 107 Å². The molecule has 3 N–H and O–H groups in total. The monoisotopic (exact) mass is 486 g/mol. The van der Waals surface area contributed by atoms with E-state index in [0.29, 0.717) is 10.8 Å². The lowest BCUT2D eigenvalue weighted by Gasteiger charge is -2.08. The van der Waals surface area contributed by atoms with Crippen LogP contribution >= 0.6 is 23.4 Å². The lowest BCUT2D eigenvalue weighted by Crippen LogP contribution is -2.21. The predicted molar refractivity (Wildman–Crippen MR) is 115 cm³/mol. The molecular weight excluding hydrogens is 470 g/mol. The van der Waals surface area contributed by atoms with E-state index in [-0.39, 0.29) is 26.3 Å². The van der Waals surface area contributed by atoms with E-state index in [0.717, 1.165) is 28.6 Å². The SMILES string of the molecule is CCSc1nn(CC(=O)Nc2ccc(F)c(F)c2)c(N)c1S(=O)(=O)c1ccc(Cl)cc1. The summed E-state index contributed by atoms with van der Waals surface area (Å²) in [6, 6.07) is 8.48. The van der Waals surface area contributed by atoms with E-state index in [1.165, 1.54) is 30.3 Å². The Labute approximate surface area is 186 Å². The van der Waals surface area contributed by atoms with Gasteiger partial charge in [-0.2, -0.15) is 5.10 Å². The molecule has 7 nitrogen and oxygen atoms in total. The third-order valence-corrected chi connectivity index (χ3v) is 7.15. The highest BCUT2D eigenvalue weighted by Gasteiger charge is 2.30. The van der Waals surface area contributed by atoms with Crippen LogP contribution in [0.4, 0.5) is 20.3 Å². The van der Waals surface area contributed by atoms with Gasteiger partial charge in [-0.25, -0.2) is 21.9 Å². The molecule has 1 heterocycles. The molecule has 31 heavy (non-hydrogen) atoms. The number of nitrogen functional groups attached to an aromatic ring is 1. The Kier molecular flexibility index (Phi) is 6.87. The third-order valence-electron chi connectivity index (χ3n) is 4.09. The summed E-state index contributed by atoms with van der Waals surface area (Å²) in [6.45, 7) is 1.38. The first-order valence-corrected chi connectivity index (χ1v) is 11.7. The van der Waals surface area contributed by atoms with Gasteiger partial charge in [0, 0.05) is 16.8 Å². The van der Waals surface area contributed by atoms with Crippen LogP contribution in [0.5, 0.6) is 0 Å². The largest absolute Gasteiger partial charge is 0.383 e. The van der Waals surface area contributed by atoms with Crippen molar-refractivity contribution in [3.63, 3.8) is 0 Å². The molecular formula is C19H17ClF2N4O3S2. The fourth-order valence-electron chi connectivity index (χ4n) is 2.68. The van der Waals surface area contributed by atoms with Gasteiger partial charge in [0.05, 0.1) is 4.90 Å². The van der Waals surface area contributed by atoms with Gasteiger partial charge in [0.25, 0.3) is 0 Å². The maximum absolute atomic E-state index is 13.3. The van der Waals surface area contributed by atoms with Crippen molar-refractivity contribution in [3.05, 3.63) is 59.1 Å². The molecule has 1 amide bonds. The molecule has 164 valence electrons. The molecule has 0 aliphatic rings. The number of anilines is 2. The number of benzene rings is 2. The number of hydrogen-bond acceptors (Lipinski definition) is 6. The smallest absolute Gasteiger partial charge is 0.246 e. The van der Waals surface area contributed by atoms with Gasteiger partial charge in [-0.1, -0.05) is 18.5 Å². The molecule has 0 bridgehead atoms. The highest BCUT2D eigenvalue weighted by Crippen LogP contribution is 2.35. The number of nitrogens with zero attached hydrogens (tertiary/aromatic N) is 2. The number of carbonyl (C=O) groups is 1. The second-order valence-corrected chi connectivity index (χ2v) is 9.82. The summed E-state index contributed by atoms with van der Waals surface area (Å²) in [5.41, 5.74) is 6.10. The van der Waals surface area contributed by atoms with Gasteiger partial charge in [0.2, 0.25) is 15.7 Å². The summed E-state index contributed by atoms with van der Waals surface area (Å²) in [4.78, 5) is 12.1. The van der Waals surface area contributed by atoms with E-state index in [9.17, 15) is 22.0 Å². The second kappa shape index (κ2) is 9.25. The van der Waals surface area contributed by atoms with E-state index >= 15 is 0 Å². The van der Waals surface area contributed by atoms with Crippen LogP contribution in [0, 0.1) is 11.6 Å². The molecule has 3 rings (SSSR count). The fourth-order valence-corrected chi connectivity index (χ4v) is 5.36. The number of aromatic nitrogens is 2. The van der Waals surface area contributed by atoms with Crippen molar-refractivity contribution in [3.8, 4) is 0 Å². The maximum atomic E-state index is 13.3. The van der Waals surface area contributed by atoms with Crippen molar-refractivity contribution in [1.29, 1.82) is 0 Å². The molecule has 0 aliphatic heterocycles. The van der Waals surface area contributed by atoms with Crippen LogP contribution in [0.2, 0.25) is 5.02 Å². The van der Waals surface area contributed by atoms with Crippen molar-refractivity contribution < 1.29 is 22.0 Å². The molecule has 0 spiro atoms. The Morgan fingerprint density at radius 3 is 2.48 bits per heavy atom. The first-order valence-electron chi connectivity index (χ1n) is 8.88. The van der Waals surface area contributed by atoms with Crippen molar-refractivity contribution in [2.75, 3.05) is 16.8 Å². The molecule has 0 aliphatic carbocycles. The van der Waals surface area contributed by atoms with E-state index in [1.54, 1.807) is 0 Å². The van der Waals surface area contributed by atoms with Crippen molar-refractivity contribution in [2.24, 2.45) is 0 Å². The Morgan fingerprint density at radius 2 is 1.87 bits per heavy atom. The number of rotatable bonds is 7. The Bertz CT molecular complexity index is 1230. The number of nitrogens with two attached hydrogens (primary N) is 1. The molecule has 0 radical (unpaired) electrons. The number of halogens is 3. The minimum absolute atomic E-state index is 0.0210. The quantitative estimate of drug-likeness (QED) is 0.489. The molecule has 0 fully saturated rings. The molecule has 12 heteroatoms. The highest BCUT2D eigenvalue weighted by atomic mass is 35.5.